The SMILES string of the molecule is O=C1NC(=O)c2cc(N3CC(Br)CC3=O)ccc21. The van der Waals surface area contributed by atoms with E-state index in [9.17, 15) is 14.4 Å². The summed E-state index contributed by atoms with van der Waals surface area (Å²) in [6.45, 7) is 0.577. The summed E-state index contributed by atoms with van der Waals surface area (Å²) in [5.41, 5.74) is 1.36. The topological polar surface area (TPSA) is 66.5 Å². The molecule has 0 aliphatic carbocycles. The minimum Gasteiger partial charge on any atom is -0.311 e. The van der Waals surface area contributed by atoms with E-state index in [1.807, 2.05) is 0 Å². The second-order valence-electron chi connectivity index (χ2n) is 4.32. The monoisotopic (exact) mass is 308 g/mol. The molecule has 1 aromatic carbocycles. The first-order valence-corrected chi connectivity index (χ1v) is 6.42. The van der Waals surface area contributed by atoms with Gasteiger partial charge in [-0.2, -0.15) is 0 Å². The maximum Gasteiger partial charge on any atom is 0.259 e. The van der Waals surface area contributed by atoms with Crippen LogP contribution in [0.15, 0.2) is 18.2 Å². The zero-order valence-corrected chi connectivity index (χ0v) is 10.9. The van der Waals surface area contributed by atoms with E-state index in [0.29, 0.717) is 29.8 Å². The van der Waals surface area contributed by atoms with Gasteiger partial charge in [0.2, 0.25) is 5.91 Å². The number of nitrogens with zero attached hydrogens (tertiary/aromatic N) is 1. The van der Waals surface area contributed by atoms with Crippen LogP contribution in [-0.4, -0.2) is 29.1 Å². The van der Waals surface area contributed by atoms with Crippen molar-refractivity contribution in [2.24, 2.45) is 0 Å². The summed E-state index contributed by atoms with van der Waals surface area (Å²) in [4.78, 5) is 36.5. The van der Waals surface area contributed by atoms with Crippen LogP contribution in [0.25, 0.3) is 0 Å². The lowest BCUT2D eigenvalue weighted by atomic mass is 10.1. The van der Waals surface area contributed by atoms with Crippen molar-refractivity contribution < 1.29 is 14.4 Å². The Morgan fingerprint density at radius 3 is 2.56 bits per heavy atom. The van der Waals surface area contributed by atoms with E-state index in [-0.39, 0.29) is 16.6 Å². The second-order valence-corrected chi connectivity index (χ2v) is 5.61. The molecule has 0 aromatic heterocycles. The Bertz CT molecular complexity index is 585. The molecule has 6 heteroatoms. The highest BCUT2D eigenvalue weighted by molar-refractivity contribution is 9.09. The van der Waals surface area contributed by atoms with E-state index >= 15 is 0 Å². The van der Waals surface area contributed by atoms with Gasteiger partial charge in [0.1, 0.15) is 0 Å². The summed E-state index contributed by atoms with van der Waals surface area (Å²) in [5.74, 6) is -0.770. The number of imide groups is 1. The number of carbonyl (C=O) groups excluding carboxylic acids is 3. The van der Waals surface area contributed by atoms with Gasteiger partial charge in [0, 0.05) is 23.5 Å². The first kappa shape index (κ1) is 11.4. The molecule has 2 heterocycles. The van der Waals surface area contributed by atoms with Gasteiger partial charge in [0.05, 0.1) is 11.1 Å². The van der Waals surface area contributed by atoms with Crippen LogP contribution in [0.4, 0.5) is 5.69 Å². The summed E-state index contributed by atoms with van der Waals surface area (Å²) >= 11 is 3.40. The number of anilines is 1. The molecule has 1 atom stereocenters. The minimum absolute atomic E-state index is 0.0153. The Morgan fingerprint density at radius 2 is 1.89 bits per heavy atom. The molecule has 2 aliphatic rings. The number of halogens is 1. The van der Waals surface area contributed by atoms with Gasteiger partial charge >= 0.3 is 0 Å². The number of rotatable bonds is 1. The molecular weight excluding hydrogens is 300 g/mol. The fourth-order valence-electron chi connectivity index (χ4n) is 2.24. The molecule has 1 saturated heterocycles. The summed E-state index contributed by atoms with van der Waals surface area (Å²) in [6.07, 6.45) is 0.447. The molecule has 2 aliphatic heterocycles. The average molecular weight is 309 g/mol. The lowest BCUT2D eigenvalue weighted by Gasteiger charge is -2.16. The Labute approximate surface area is 111 Å². The van der Waals surface area contributed by atoms with Crippen LogP contribution in [0.1, 0.15) is 27.1 Å². The lowest BCUT2D eigenvalue weighted by Crippen LogP contribution is -2.24. The van der Waals surface area contributed by atoms with Crippen LogP contribution in [0.3, 0.4) is 0 Å². The first-order valence-electron chi connectivity index (χ1n) is 5.50. The van der Waals surface area contributed by atoms with Gasteiger partial charge in [-0.15, -0.1) is 0 Å². The molecule has 1 N–H and O–H groups in total. The van der Waals surface area contributed by atoms with Gasteiger partial charge in [0.25, 0.3) is 11.8 Å². The van der Waals surface area contributed by atoms with Crippen molar-refractivity contribution in [3.8, 4) is 0 Å². The molecule has 0 bridgehead atoms. The zero-order chi connectivity index (χ0) is 12.9. The van der Waals surface area contributed by atoms with Crippen molar-refractivity contribution in [1.82, 2.24) is 5.32 Å². The predicted octanol–water partition coefficient (Wildman–Crippen LogP) is 1.07. The third-order valence-electron chi connectivity index (χ3n) is 3.11. The molecule has 0 spiro atoms. The normalized spacial score (nSPS) is 22.4. The van der Waals surface area contributed by atoms with Crippen molar-refractivity contribution in [2.75, 3.05) is 11.4 Å². The van der Waals surface area contributed by atoms with Crippen molar-refractivity contribution in [2.45, 2.75) is 11.2 Å². The third kappa shape index (κ3) is 1.64. The number of benzene rings is 1. The van der Waals surface area contributed by atoms with Crippen LogP contribution in [0, 0.1) is 0 Å². The summed E-state index contributed by atoms with van der Waals surface area (Å²) in [6, 6.07) is 4.87. The standard InChI is InChI=1S/C12H9BrN2O3/c13-6-3-10(16)15(5-6)7-1-2-8-9(4-7)12(18)14-11(8)17/h1-2,4,6H,3,5H2,(H,14,17,18). The molecule has 1 unspecified atom stereocenters. The Morgan fingerprint density at radius 1 is 1.17 bits per heavy atom. The van der Waals surface area contributed by atoms with Crippen LogP contribution in [0.2, 0.25) is 0 Å². The summed E-state index contributed by atoms with van der Waals surface area (Å²) < 4.78 is 0. The van der Waals surface area contributed by atoms with Crippen molar-refractivity contribution in [3.05, 3.63) is 29.3 Å². The number of hydrogen-bond acceptors (Lipinski definition) is 3. The Hall–Kier alpha value is -1.69. The fraction of sp³-hybridized carbons (Fsp3) is 0.250. The molecule has 18 heavy (non-hydrogen) atoms. The maximum absolute atomic E-state index is 11.8. The molecule has 5 nitrogen and oxygen atoms in total. The van der Waals surface area contributed by atoms with Gasteiger partial charge in [-0.25, -0.2) is 0 Å². The highest BCUT2D eigenvalue weighted by Gasteiger charge is 2.32. The number of amides is 3. The molecule has 0 radical (unpaired) electrons. The number of fused-ring (bicyclic) bond motifs is 1. The van der Waals surface area contributed by atoms with Crippen molar-refractivity contribution >= 4 is 39.3 Å². The fourth-order valence-corrected chi connectivity index (χ4v) is 2.80. The van der Waals surface area contributed by atoms with Crippen LogP contribution in [0.5, 0.6) is 0 Å². The predicted molar refractivity (Wildman–Crippen MR) is 67.9 cm³/mol. The molecule has 0 saturated carbocycles. The number of alkyl halides is 1. The van der Waals surface area contributed by atoms with E-state index in [0.717, 1.165) is 0 Å². The van der Waals surface area contributed by atoms with Crippen LogP contribution >= 0.6 is 15.9 Å². The van der Waals surface area contributed by atoms with Crippen LogP contribution in [-0.2, 0) is 4.79 Å². The van der Waals surface area contributed by atoms with E-state index in [4.69, 9.17) is 0 Å². The zero-order valence-electron chi connectivity index (χ0n) is 9.27. The molecule has 3 amide bonds. The van der Waals surface area contributed by atoms with Gasteiger partial charge in [-0.05, 0) is 18.2 Å². The average Bonchev–Trinajstić information content (AvgIpc) is 2.80. The van der Waals surface area contributed by atoms with Crippen LogP contribution < -0.4 is 10.2 Å². The van der Waals surface area contributed by atoms with E-state index in [2.05, 4.69) is 21.2 Å². The second kappa shape index (κ2) is 3.91. The molecule has 1 fully saturated rings. The Kier molecular flexibility index (Phi) is 2.48. The van der Waals surface area contributed by atoms with E-state index in [1.165, 1.54) is 0 Å². The summed E-state index contributed by atoms with van der Waals surface area (Å²) in [5, 5.41) is 2.23. The van der Waals surface area contributed by atoms with E-state index in [1.54, 1.807) is 23.1 Å². The number of carbonyl (C=O) groups is 3. The van der Waals surface area contributed by atoms with Gasteiger partial charge in [-0.1, -0.05) is 15.9 Å². The third-order valence-corrected chi connectivity index (χ3v) is 3.72. The quantitative estimate of drug-likeness (QED) is 0.623. The molecular formula is C12H9BrN2O3. The Balaban J connectivity index is 2.01. The molecule has 1 aromatic rings. The number of nitrogens with one attached hydrogen (secondary N) is 1. The molecule has 3 rings (SSSR count). The summed E-state index contributed by atoms with van der Waals surface area (Å²) in [7, 11) is 0. The highest BCUT2D eigenvalue weighted by Crippen LogP contribution is 2.28. The van der Waals surface area contributed by atoms with Gasteiger partial charge in [-0.3, -0.25) is 19.7 Å². The van der Waals surface area contributed by atoms with Crippen molar-refractivity contribution in [1.29, 1.82) is 0 Å². The van der Waals surface area contributed by atoms with E-state index < -0.39 is 5.91 Å². The largest absolute Gasteiger partial charge is 0.311 e. The lowest BCUT2D eigenvalue weighted by molar-refractivity contribution is -0.117. The molecule has 92 valence electrons. The van der Waals surface area contributed by atoms with Gasteiger partial charge < -0.3 is 4.90 Å². The number of hydrogen-bond donors (Lipinski definition) is 1. The first-order chi connectivity index (χ1) is 8.56. The minimum atomic E-state index is -0.404. The maximum atomic E-state index is 11.8. The smallest absolute Gasteiger partial charge is 0.259 e. The van der Waals surface area contributed by atoms with Crippen molar-refractivity contribution in [3.63, 3.8) is 0 Å². The highest BCUT2D eigenvalue weighted by atomic mass is 79.9. The van der Waals surface area contributed by atoms with Gasteiger partial charge in [0.15, 0.2) is 0 Å².